The van der Waals surface area contributed by atoms with Crippen LogP contribution in [0.2, 0.25) is 0 Å². The zero-order valence-corrected chi connectivity index (χ0v) is 10.5. The van der Waals surface area contributed by atoms with Crippen LogP contribution >= 0.6 is 0 Å². The molecule has 0 radical (unpaired) electrons. The predicted octanol–water partition coefficient (Wildman–Crippen LogP) is 2.37. The molecule has 1 N–H and O–H groups in total. The number of benzene rings is 1. The van der Waals surface area contributed by atoms with Gasteiger partial charge in [-0.2, -0.15) is 5.10 Å². The lowest BCUT2D eigenvalue weighted by Crippen LogP contribution is -2.02. The highest BCUT2D eigenvalue weighted by Gasteiger charge is 2.15. The molecule has 0 amide bonds. The van der Waals surface area contributed by atoms with Crippen molar-refractivity contribution in [2.75, 3.05) is 0 Å². The molecule has 0 spiro atoms. The molecule has 1 aromatic heterocycles. The number of aliphatic hydroxyl groups excluding tert-OH is 1. The minimum atomic E-state index is -0.588. The Morgan fingerprint density at radius 2 is 1.94 bits per heavy atom. The third-order valence-electron chi connectivity index (χ3n) is 3.27. The van der Waals surface area contributed by atoms with E-state index in [4.69, 9.17) is 0 Å². The highest BCUT2D eigenvalue weighted by Crippen LogP contribution is 2.24. The quantitative estimate of drug-likeness (QED) is 0.879. The molecular formula is C14H18N2O. The van der Waals surface area contributed by atoms with Crippen molar-refractivity contribution in [3.8, 4) is 0 Å². The van der Waals surface area contributed by atoms with Gasteiger partial charge in [0.05, 0.1) is 6.20 Å². The molecule has 0 fully saturated rings. The van der Waals surface area contributed by atoms with Gasteiger partial charge in [0.1, 0.15) is 6.10 Å². The molecule has 2 rings (SSSR count). The normalized spacial score (nSPS) is 12.7. The maximum atomic E-state index is 10.3. The van der Waals surface area contributed by atoms with Crippen LogP contribution in [0.4, 0.5) is 0 Å². The standard InChI is InChI=1S/C14H18N2O/c1-4-11-5-7-12(8-6-11)14(17)13-9-15-16(3)10(13)2/h5-9,14,17H,4H2,1-3H3. The lowest BCUT2D eigenvalue weighted by molar-refractivity contribution is 0.219. The van der Waals surface area contributed by atoms with Gasteiger partial charge in [-0.3, -0.25) is 4.68 Å². The van der Waals surface area contributed by atoms with Gasteiger partial charge < -0.3 is 5.11 Å². The van der Waals surface area contributed by atoms with Gasteiger partial charge in [0.15, 0.2) is 0 Å². The Kier molecular flexibility index (Phi) is 3.29. The van der Waals surface area contributed by atoms with Gasteiger partial charge in [-0.15, -0.1) is 0 Å². The molecule has 0 aliphatic carbocycles. The van der Waals surface area contributed by atoms with Crippen LogP contribution in [0.15, 0.2) is 30.5 Å². The van der Waals surface area contributed by atoms with Gasteiger partial charge >= 0.3 is 0 Å². The zero-order chi connectivity index (χ0) is 12.4. The topological polar surface area (TPSA) is 38.1 Å². The number of aryl methyl sites for hydroxylation is 2. The Morgan fingerprint density at radius 1 is 1.29 bits per heavy atom. The van der Waals surface area contributed by atoms with Gasteiger partial charge in [-0.25, -0.2) is 0 Å². The summed E-state index contributed by atoms with van der Waals surface area (Å²) in [4.78, 5) is 0. The SMILES string of the molecule is CCc1ccc(C(O)c2cnn(C)c2C)cc1. The van der Waals surface area contributed by atoms with Gasteiger partial charge in [-0.1, -0.05) is 31.2 Å². The second-order valence-corrected chi connectivity index (χ2v) is 4.31. The molecule has 2 aromatic rings. The largest absolute Gasteiger partial charge is 0.384 e. The van der Waals surface area contributed by atoms with Crippen LogP contribution in [0.25, 0.3) is 0 Å². The van der Waals surface area contributed by atoms with Crippen molar-refractivity contribution < 1.29 is 5.11 Å². The van der Waals surface area contributed by atoms with Crippen molar-refractivity contribution in [3.63, 3.8) is 0 Å². The minimum Gasteiger partial charge on any atom is -0.384 e. The van der Waals surface area contributed by atoms with E-state index in [2.05, 4.69) is 24.2 Å². The number of aliphatic hydroxyl groups is 1. The number of nitrogens with zero attached hydrogens (tertiary/aromatic N) is 2. The van der Waals surface area contributed by atoms with Crippen molar-refractivity contribution in [2.24, 2.45) is 7.05 Å². The third-order valence-corrected chi connectivity index (χ3v) is 3.27. The fourth-order valence-electron chi connectivity index (χ4n) is 1.90. The van der Waals surface area contributed by atoms with Gasteiger partial charge in [0.25, 0.3) is 0 Å². The maximum absolute atomic E-state index is 10.3. The average molecular weight is 230 g/mol. The van der Waals surface area contributed by atoms with E-state index in [1.165, 1.54) is 5.56 Å². The van der Waals surface area contributed by atoms with E-state index in [1.807, 2.05) is 26.1 Å². The van der Waals surface area contributed by atoms with E-state index >= 15 is 0 Å². The highest BCUT2D eigenvalue weighted by molar-refractivity contribution is 5.32. The van der Waals surface area contributed by atoms with Crippen LogP contribution in [0.3, 0.4) is 0 Å². The lowest BCUT2D eigenvalue weighted by Gasteiger charge is -2.11. The van der Waals surface area contributed by atoms with Crippen LogP contribution in [0.5, 0.6) is 0 Å². The summed E-state index contributed by atoms with van der Waals surface area (Å²) in [5.74, 6) is 0. The Hall–Kier alpha value is -1.61. The third kappa shape index (κ3) is 2.24. The van der Waals surface area contributed by atoms with E-state index in [9.17, 15) is 5.11 Å². The summed E-state index contributed by atoms with van der Waals surface area (Å²) in [5.41, 5.74) is 4.07. The first-order valence-electron chi connectivity index (χ1n) is 5.89. The maximum Gasteiger partial charge on any atom is 0.107 e. The lowest BCUT2D eigenvalue weighted by atomic mass is 10.0. The molecule has 1 heterocycles. The van der Waals surface area contributed by atoms with Gasteiger partial charge in [0, 0.05) is 18.3 Å². The van der Waals surface area contributed by atoms with Crippen molar-refractivity contribution in [1.82, 2.24) is 9.78 Å². The number of aromatic nitrogens is 2. The second-order valence-electron chi connectivity index (χ2n) is 4.31. The van der Waals surface area contributed by atoms with Crippen LogP contribution < -0.4 is 0 Å². The van der Waals surface area contributed by atoms with Gasteiger partial charge in [-0.05, 0) is 24.5 Å². The summed E-state index contributed by atoms with van der Waals surface area (Å²) in [6.07, 6.45) is 2.16. The summed E-state index contributed by atoms with van der Waals surface area (Å²) in [6.45, 7) is 4.09. The molecule has 0 saturated heterocycles. The summed E-state index contributed by atoms with van der Waals surface area (Å²) < 4.78 is 1.78. The summed E-state index contributed by atoms with van der Waals surface area (Å²) in [6, 6.07) is 8.08. The molecule has 3 nitrogen and oxygen atoms in total. The Labute approximate surface area is 102 Å². The molecule has 0 aliphatic rings. The van der Waals surface area contributed by atoms with E-state index in [1.54, 1.807) is 10.9 Å². The molecule has 1 unspecified atom stereocenters. The first kappa shape index (κ1) is 11.9. The Balaban J connectivity index is 2.30. The van der Waals surface area contributed by atoms with E-state index in [0.717, 1.165) is 23.2 Å². The van der Waals surface area contributed by atoms with E-state index in [0.29, 0.717) is 0 Å². The molecule has 0 saturated carbocycles. The molecule has 1 aromatic carbocycles. The molecule has 1 atom stereocenters. The fraction of sp³-hybridized carbons (Fsp3) is 0.357. The summed E-state index contributed by atoms with van der Waals surface area (Å²) in [5, 5.41) is 14.4. The molecule has 0 bridgehead atoms. The molecule has 17 heavy (non-hydrogen) atoms. The first-order chi connectivity index (χ1) is 8.13. The monoisotopic (exact) mass is 230 g/mol. The van der Waals surface area contributed by atoms with Crippen molar-refractivity contribution in [1.29, 1.82) is 0 Å². The number of hydrogen-bond acceptors (Lipinski definition) is 2. The van der Waals surface area contributed by atoms with Crippen LogP contribution in [-0.4, -0.2) is 14.9 Å². The summed E-state index contributed by atoms with van der Waals surface area (Å²) >= 11 is 0. The number of hydrogen-bond donors (Lipinski definition) is 1. The van der Waals surface area contributed by atoms with Crippen molar-refractivity contribution >= 4 is 0 Å². The number of rotatable bonds is 3. The fourth-order valence-corrected chi connectivity index (χ4v) is 1.90. The minimum absolute atomic E-state index is 0.588. The van der Waals surface area contributed by atoms with Crippen molar-refractivity contribution in [2.45, 2.75) is 26.4 Å². The van der Waals surface area contributed by atoms with E-state index in [-0.39, 0.29) is 0 Å². The average Bonchev–Trinajstić information content (AvgIpc) is 2.69. The molecule has 90 valence electrons. The predicted molar refractivity (Wildman–Crippen MR) is 67.8 cm³/mol. The van der Waals surface area contributed by atoms with Crippen LogP contribution in [0.1, 0.15) is 35.4 Å². The van der Waals surface area contributed by atoms with Gasteiger partial charge in [0.2, 0.25) is 0 Å². The first-order valence-corrected chi connectivity index (χ1v) is 5.89. The van der Waals surface area contributed by atoms with Crippen LogP contribution in [0, 0.1) is 6.92 Å². The van der Waals surface area contributed by atoms with Crippen LogP contribution in [-0.2, 0) is 13.5 Å². The Bertz CT molecular complexity index is 499. The van der Waals surface area contributed by atoms with E-state index < -0.39 is 6.10 Å². The second kappa shape index (κ2) is 4.72. The van der Waals surface area contributed by atoms with Crippen molar-refractivity contribution in [3.05, 3.63) is 52.8 Å². The molecular weight excluding hydrogens is 212 g/mol. The molecule has 3 heteroatoms. The summed E-state index contributed by atoms with van der Waals surface area (Å²) in [7, 11) is 1.88. The smallest absolute Gasteiger partial charge is 0.107 e. The highest BCUT2D eigenvalue weighted by atomic mass is 16.3. The Morgan fingerprint density at radius 3 is 2.41 bits per heavy atom. The molecule has 0 aliphatic heterocycles. The zero-order valence-electron chi connectivity index (χ0n) is 10.5.